The third-order valence-electron chi connectivity index (χ3n) is 3.88. The van der Waals surface area contributed by atoms with Crippen molar-refractivity contribution >= 4 is 18.1 Å². The van der Waals surface area contributed by atoms with E-state index in [0.29, 0.717) is 23.8 Å². The molecule has 4 heteroatoms. The smallest absolute Gasteiger partial charge is 0.262 e. The number of carbonyl (C=O) groups is 3. The second-order valence-corrected chi connectivity index (χ2v) is 5.42. The van der Waals surface area contributed by atoms with Crippen molar-refractivity contribution in [2.75, 3.05) is 0 Å². The molecule has 0 spiro atoms. The molecule has 2 amide bonds. The van der Waals surface area contributed by atoms with Crippen LogP contribution in [0.25, 0.3) is 0 Å². The van der Waals surface area contributed by atoms with Crippen LogP contribution in [0.4, 0.5) is 0 Å². The Kier molecular flexibility index (Phi) is 3.59. The molecule has 110 valence electrons. The van der Waals surface area contributed by atoms with Gasteiger partial charge in [-0.2, -0.15) is 0 Å². The van der Waals surface area contributed by atoms with Crippen LogP contribution in [-0.4, -0.2) is 29.0 Å². The third kappa shape index (κ3) is 2.33. The average Bonchev–Trinajstić information content (AvgIpc) is 2.79. The number of hydrogen-bond acceptors (Lipinski definition) is 3. The molecule has 0 radical (unpaired) electrons. The first-order valence-corrected chi connectivity index (χ1v) is 7.09. The first-order chi connectivity index (χ1) is 10.6. The van der Waals surface area contributed by atoms with E-state index in [9.17, 15) is 14.4 Å². The highest BCUT2D eigenvalue weighted by Crippen LogP contribution is 2.25. The highest BCUT2D eigenvalue weighted by Gasteiger charge is 2.39. The van der Waals surface area contributed by atoms with Crippen molar-refractivity contribution in [3.05, 3.63) is 70.8 Å². The van der Waals surface area contributed by atoms with Gasteiger partial charge in [-0.05, 0) is 24.6 Å². The Bertz CT molecular complexity index is 714. The second-order valence-electron chi connectivity index (χ2n) is 5.42. The number of aryl methyl sites for hydroxylation is 1. The minimum absolute atomic E-state index is 0.329. The molecule has 4 nitrogen and oxygen atoms in total. The lowest BCUT2D eigenvalue weighted by Crippen LogP contribution is -2.42. The maximum atomic E-state index is 12.4. The SMILES string of the molecule is Cc1ccc(C[C@@H](C=O)N2C(=O)c3ccccc3C2=O)cc1. The van der Waals surface area contributed by atoms with Crippen molar-refractivity contribution in [3.8, 4) is 0 Å². The minimum Gasteiger partial charge on any atom is -0.301 e. The molecule has 0 unspecified atom stereocenters. The molecule has 22 heavy (non-hydrogen) atoms. The average molecular weight is 293 g/mol. The van der Waals surface area contributed by atoms with Gasteiger partial charge in [-0.15, -0.1) is 0 Å². The molecular weight excluding hydrogens is 278 g/mol. The number of benzene rings is 2. The summed E-state index contributed by atoms with van der Waals surface area (Å²) >= 11 is 0. The topological polar surface area (TPSA) is 54.5 Å². The number of carbonyl (C=O) groups excluding carboxylic acids is 3. The number of rotatable bonds is 4. The van der Waals surface area contributed by atoms with Crippen LogP contribution >= 0.6 is 0 Å². The van der Waals surface area contributed by atoms with Crippen LogP contribution in [0, 0.1) is 6.92 Å². The summed E-state index contributed by atoms with van der Waals surface area (Å²) in [5, 5.41) is 0. The van der Waals surface area contributed by atoms with Crippen molar-refractivity contribution in [2.24, 2.45) is 0 Å². The Balaban J connectivity index is 1.89. The Hall–Kier alpha value is -2.75. The number of fused-ring (bicyclic) bond motifs is 1. The summed E-state index contributed by atoms with van der Waals surface area (Å²) in [7, 11) is 0. The maximum Gasteiger partial charge on any atom is 0.262 e. The molecule has 1 heterocycles. The predicted octanol–water partition coefficient (Wildman–Crippen LogP) is 2.40. The maximum absolute atomic E-state index is 12.4. The Morgan fingerprint density at radius 1 is 0.955 bits per heavy atom. The predicted molar refractivity (Wildman–Crippen MR) is 81.7 cm³/mol. The Morgan fingerprint density at radius 3 is 2.00 bits per heavy atom. The van der Waals surface area contributed by atoms with E-state index in [2.05, 4.69) is 0 Å². The molecule has 0 aromatic heterocycles. The monoisotopic (exact) mass is 293 g/mol. The van der Waals surface area contributed by atoms with Gasteiger partial charge in [0.25, 0.3) is 11.8 Å². The van der Waals surface area contributed by atoms with Gasteiger partial charge in [-0.3, -0.25) is 14.5 Å². The minimum atomic E-state index is -0.782. The van der Waals surface area contributed by atoms with Gasteiger partial charge in [0.15, 0.2) is 0 Å². The van der Waals surface area contributed by atoms with Crippen molar-refractivity contribution in [1.82, 2.24) is 4.90 Å². The first-order valence-electron chi connectivity index (χ1n) is 7.09. The quantitative estimate of drug-likeness (QED) is 0.642. The van der Waals surface area contributed by atoms with Gasteiger partial charge in [0.2, 0.25) is 0 Å². The highest BCUT2D eigenvalue weighted by atomic mass is 16.2. The fraction of sp³-hybridized carbons (Fsp3) is 0.167. The van der Waals surface area contributed by atoms with E-state index in [1.54, 1.807) is 24.3 Å². The second kappa shape index (κ2) is 5.56. The van der Waals surface area contributed by atoms with Crippen LogP contribution in [0.1, 0.15) is 31.8 Å². The number of aldehydes is 1. The van der Waals surface area contributed by atoms with E-state index < -0.39 is 17.9 Å². The zero-order valence-corrected chi connectivity index (χ0v) is 12.2. The Labute approximate surface area is 128 Å². The summed E-state index contributed by atoms with van der Waals surface area (Å²) in [4.78, 5) is 37.3. The van der Waals surface area contributed by atoms with Crippen molar-refractivity contribution < 1.29 is 14.4 Å². The lowest BCUT2D eigenvalue weighted by atomic mass is 10.0. The Morgan fingerprint density at radius 2 is 1.50 bits per heavy atom. The molecule has 2 aromatic carbocycles. The van der Waals surface area contributed by atoms with Crippen molar-refractivity contribution in [1.29, 1.82) is 0 Å². The number of hydrogen-bond donors (Lipinski definition) is 0. The summed E-state index contributed by atoms with van der Waals surface area (Å²) in [6.07, 6.45) is 0.997. The molecule has 2 aromatic rings. The van der Waals surface area contributed by atoms with Gasteiger partial charge in [-0.1, -0.05) is 42.0 Å². The molecule has 0 N–H and O–H groups in total. The fourth-order valence-corrected chi connectivity index (χ4v) is 2.67. The van der Waals surface area contributed by atoms with Gasteiger partial charge in [0.05, 0.1) is 17.2 Å². The lowest BCUT2D eigenvalue weighted by molar-refractivity contribution is -0.111. The standard InChI is InChI=1S/C18H15NO3/c1-12-6-8-13(9-7-12)10-14(11-20)19-17(21)15-4-2-3-5-16(15)18(19)22/h2-9,11,14H,10H2,1H3/t14-/m0/s1. The number of nitrogens with zero attached hydrogens (tertiary/aromatic N) is 1. The molecule has 3 rings (SSSR count). The summed E-state index contributed by atoms with van der Waals surface area (Å²) in [5.74, 6) is -0.797. The van der Waals surface area contributed by atoms with E-state index in [-0.39, 0.29) is 0 Å². The van der Waals surface area contributed by atoms with Gasteiger partial charge in [-0.25, -0.2) is 0 Å². The molecule has 1 aliphatic rings. The molecular formula is C18H15NO3. The van der Waals surface area contributed by atoms with E-state index in [0.717, 1.165) is 16.0 Å². The molecule has 1 atom stereocenters. The lowest BCUT2D eigenvalue weighted by Gasteiger charge is -2.21. The molecule has 0 fully saturated rings. The largest absolute Gasteiger partial charge is 0.301 e. The summed E-state index contributed by atoms with van der Waals surface area (Å²) < 4.78 is 0. The van der Waals surface area contributed by atoms with Crippen LogP contribution in [0.2, 0.25) is 0 Å². The van der Waals surface area contributed by atoms with Crippen LogP contribution in [-0.2, 0) is 11.2 Å². The number of imide groups is 1. The molecule has 0 bridgehead atoms. The third-order valence-corrected chi connectivity index (χ3v) is 3.88. The van der Waals surface area contributed by atoms with Crippen LogP contribution in [0.15, 0.2) is 48.5 Å². The summed E-state index contributed by atoms with van der Waals surface area (Å²) in [5.41, 5.74) is 2.76. The fourth-order valence-electron chi connectivity index (χ4n) is 2.67. The van der Waals surface area contributed by atoms with Gasteiger partial charge in [0.1, 0.15) is 6.29 Å². The first kappa shape index (κ1) is 14.2. The van der Waals surface area contributed by atoms with E-state index in [4.69, 9.17) is 0 Å². The van der Waals surface area contributed by atoms with Gasteiger partial charge < -0.3 is 4.79 Å². The molecule has 0 saturated carbocycles. The van der Waals surface area contributed by atoms with Crippen molar-refractivity contribution in [2.45, 2.75) is 19.4 Å². The zero-order chi connectivity index (χ0) is 15.7. The summed E-state index contributed by atoms with van der Waals surface area (Å²) in [6, 6.07) is 13.6. The molecule has 0 saturated heterocycles. The van der Waals surface area contributed by atoms with E-state index in [1.165, 1.54) is 0 Å². The van der Waals surface area contributed by atoms with E-state index in [1.807, 2.05) is 31.2 Å². The number of amides is 2. The zero-order valence-electron chi connectivity index (χ0n) is 12.2. The molecule has 0 aliphatic carbocycles. The normalized spacial score (nSPS) is 14.9. The van der Waals surface area contributed by atoms with Gasteiger partial charge >= 0.3 is 0 Å². The van der Waals surface area contributed by atoms with E-state index >= 15 is 0 Å². The molecule has 1 aliphatic heterocycles. The summed E-state index contributed by atoms with van der Waals surface area (Å²) in [6.45, 7) is 1.98. The van der Waals surface area contributed by atoms with Crippen LogP contribution in [0.5, 0.6) is 0 Å². The van der Waals surface area contributed by atoms with Crippen LogP contribution < -0.4 is 0 Å². The highest BCUT2D eigenvalue weighted by molar-refractivity contribution is 6.22. The van der Waals surface area contributed by atoms with Crippen LogP contribution in [0.3, 0.4) is 0 Å². The van der Waals surface area contributed by atoms with Gasteiger partial charge in [0, 0.05) is 6.42 Å². The van der Waals surface area contributed by atoms with Crippen molar-refractivity contribution in [3.63, 3.8) is 0 Å².